The first-order valence-corrected chi connectivity index (χ1v) is 7.38. The quantitative estimate of drug-likeness (QED) is 0.788. The average Bonchev–Trinajstić information content (AvgIpc) is 2.92. The fourth-order valence-electron chi connectivity index (χ4n) is 2.80. The molecule has 1 saturated carbocycles. The second kappa shape index (κ2) is 8.86. The van der Waals surface area contributed by atoms with Gasteiger partial charge in [-0.1, -0.05) is 6.42 Å². The van der Waals surface area contributed by atoms with Gasteiger partial charge in [0.05, 0.1) is 0 Å². The normalized spacial score (nSPS) is 20.3. The summed E-state index contributed by atoms with van der Waals surface area (Å²) in [5.74, 6) is -0.289. The fourth-order valence-corrected chi connectivity index (χ4v) is 2.80. The molecule has 1 aromatic carbocycles. The molecule has 122 valence electrons. The first-order chi connectivity index (χ1) is 10.1. The summed E-state index contributed by atoms with van der Waals surface area (Å²) in [7, 11) is 0. The van der Waals surface area contributed by atoms with Crippen LogP contribution in [-0.4, -0.2) is 24.3 Å². The second-order valence-electron chi connectivity index (χ2n) is 5.53. The van der Waals surface area contributed by atoms with Crippen molar-refractivity contribution in [1.82, 2.24) is 5.32 Å². The number of nitrogens with two attached hydrogens (primary N) is 1. The van der Waals surface area contributed by atoms with E-state index >= 15 is 0 Å². The van der Waals surface area contributed by atoms with Gasteiger partial charge in [-0.25, -0.2) is 4.39 Å². The minimum atomic E-state index is -0.377. The maximum atomic E-state index is 12.8. The Balaban J connectivity index is 0.00000242. The summed E-state index contributed by atoms with van der Waals surface area (Å²) in [6.45, 7) is 0.583. The molecule has 2 unspecified atom stereocenters. The van der Waals surface area contributed by atoms with Crippen molar-refractivity contribution in [2.45, 2.75) is 38.1 Å². The van der Waals surface area contributed by atoms with Crippen LogP contribution in [0.4, 0.5) is 4.39 Å². The van der Waals surface area contributed by atoms with Crippen LogP contribution in [-0.2, 0) is 4.79 Å². The van der Waals surface area contributed by atoms with E-state index in [0.29, 0.717) is 18.0 Å². The molecule has 0 bridgehead atoms. The summed E-state index contributed by atoms with van der Waals surface area (Å²) in [6, 6.07) is 5.52. The van der Waals surface area contributed by atoms with Crippen LogP contribution in [0.2, 0.25) is 0 Å². The number of hydrogen-bond donors (Lipinski definition) is 2. The van der Waals surface area contributed by atoms with Gasteiger partial charge in [0.1, 0.15) is 5.82 Å². The van der Waals surface area contributed by atoms with E-state index in [0.717, 1.165) is 19.3 Å². The van der Waals surface area contributed by atoms with Crippen LogP contribution in [0.3, 0.4) is 0 Å². The van der Waals surface area contributed by atoms with Gasteiger partial charge in [-0.2, -0.15) is 0 Å². The molecule has 1 amide bonds. The topological polar surface area (TPSA) is 72.2 Å². The summed E-state index contributed by atoms with van der Waals surface area (Å²) in [5, 5.41) is 2.96. The minimum absolute atomic E-state index is 0. The number of ketones is 1. The zero-order valence-electron chi connectivity index (χ0n) is 12.4. The van der Waals surface area contributed by atoms with Gasteiger partial charge in [-0.05, 0) is 49.6 Å². The van der Waals surface area contributed by atoms with E-state index in [1.165, 1.54) is 24.3 Å². The summed E-state index contributed by atoms with van der Waals surface area (Å²) in [6.07, 6.45) is 3.39. The number of carbonyl (C=O) groups excluding carboxylic acids is 2. The number of rotatable bonds is 6. The predicted molar refractivity (Wildman–Crippen MR) is 85.5 cm³/mol. The lowest BCUT2D eigenvalue weighted by molar-refractivity contribution is -0.122. The van der Waals surface area contributed by atoms with Crippen molar-refractivity contribution in [3.63, 3.8) is 0 Å². The molecule has 1 aromatic rings. The van der Waals surface area contributed by atoms with Crippen molar-refractivity contribution in [1.29, 1.82) is 0 Å². The fraction of sp³-hybridized carbons (Fsp3) is 0.500. The highest BCUT2D eigenvalue weighted by molar-refractivity contribution is 5.97. The van der Waals surface area contributed by atoms with Crippen LogP contribution in [0.15, 0.2) is 24.3 Å². The van der Waals surface area contributed by atoms with Crippen molar-refractivity contribution in [3.8, 4) is 0 Å². The largest absolute Gasteiger partial charge is 0.353 e. The molecule has 1 aliphatic rings. The Morgan fingerprint density at radius 3 is 2.50 bits per heavy atom. The standard InChI is InChI=1S/C16H21FN2O2.ClH/c17-13-6-4-11(5-7-13)15(20)8-9-16(21)19-14-3-1-2-12(14)10-18;/h4-7,12,14H,1-3,8-10,18H2,(H,19,21);1H. The third-order valence-corrected chi connectivity index (χ3v) is 4.05. The number of carbonyl (C=O) groups is 2. The van der Waals surface area contributed by atoms with E-state index in [2.05, 4.69) is 5.32 Å². The molecule has 3 N–H and O–H groups in total. The van der Waals surface area contributed by atoms with E-state index in [1.807, 2.05) is 0 Å². The highest BCUT2D eigenvalue weighted by Crippen LogP contribution is 2.24. The van der Waals surface area contributed by atoms with Gasteiger partial charge >= 0.3 is 0 Å². The predicted octanol–water partition coefficient (Wildman–Crippen LogP) is 2.45. The van der Waals surface area contributed by atoms with E-state index in [-0.39, 0.29) is 48.8 Å². The average molecular weight is 329 g/mol. The van der Waals surface area contributed by atoms with Crippen molar-refractivity contribution in [3.05, 3.63) is 35.6 Å². The highest BCUT2D eigenvalue weighted by Gasteiger charge is 2.27. The van der Waals surface area contributed by atoms with Crippen LogP contribution in [0.25, 0.3) is 0 Å². The van der Waals surface area contributed by atoms with Gasteiger partial charge in [0.25, 0.3) is 0 Å². The zero-order chi connectivity index (χ0) is 15.2. The Morgan fingerprint density at radius 1 is 1.18 bits per heavy atom. The molecule has 0 radical (unpaired) electrons. The van der Waals surface area contributed by atoms with Crippen LogP contribution in [0.1, 0.15) is 42.5 Å². The number of benzene rings is 1. The second-order valence-corrected chi connectivity index (χ2v) is 5.53. The van der Waals surface area contributed by atoms with Gasteiger partial charge < -0.3 is 11.1 Å². The number of nitrogens with one attached hydrogen (secondary N) is 1. The third kappa shape index (κ3) is 5.07. The molecule has 1 aliphatic carbocycles. The number of hydrogen-bond acceptors (Lipinski definition) is 3. The summed E-state index contributed by atoms with van der Waals surface area (Å²) in [5.41, 5.74) is 6.11. The molecule has 0 heterocycles. The van der Waals surface area contributed by atoms with E-state index in [9.17, 15) is 14.0 Å². The lowest BCUT2D eigenvalue weighted by atomic mass is 10.0. The lowest BCUT2D eigenvalue weighted by Crippen LogP contribution is -2.39. The Labute approximate surface area is 136 Å². The van der Waals surface area contributed by atoms with Crippen molar-refractivity contribution in [2.24, 2.45) is 11.7 Å². The summed E-state index contributed by atoms with van der Waals surface area (Å²) < 4.78 is 12.8. The molecular weight excluding hydrogens is 307 g/mol. The number of amides is 1. The molecule has 1 fully saturated rings. The monoisotopic (exact) mass is 328 g/mol. The lowest BCUT2D eigenvalue weighted by Gasteiger charge is -2.19. The van der Waals surface area contributed by atoms with Crippen LogP contribution in [0, 0.1) is 11.7 Å². The van der Waals surface area contributed by atoms with Crippen LogP contribution >= 0.6 is 12.4 Å². The van der Waals surface area contributed by atoms with Crippen molar-refractivity contribution in [2.75, 3.05) is 6.54 Å². The van der Waals surface area contributed by atoms with Gasteiger partial charge in [0, 0.05) is 24.4 Å². The molecule has 2 atom stereocenters. The molecular formula is C16H22ClFN2O2. The number of halogens is 2. The van der Waals surface area contributed by atoms with Gasteiger partial charge in [-0.3, -0.25) is 9.59 Å². The zero-order valence-corrected chi connectivity index (χ0v) is 13.2. The molecule has 0 aliphatic heterocycles. The third-order valence-electron chi connectivity index (χ3n) is 4.05. The Hall–Kier alpha value is -1.46. The first kappa shape index (κ1) is 18.6. The van der Waals surface area contributed by atoms with Gasteiger partial charge in [-0.15, -0.1) is 12.4 Å². The highest BCUT2D eigenvalue weighted by atomic mass is 35.5. The Bertz CT molecular complexity index is 507. The van der Waals surface area contributed by atoms with Crippen molar-refractivity contribution >= 4 is 24.1 Å². The van der Waals surface area contributed by atoms with Gasteiger partial charge in [0.15, 0.2) is 5.78 Å². The SMILES string of the molecule is Cl.NCC1CCCC1NC(=O)CCC(=O)c1ccc(F)cc1. The maximum absolute atomic E-state index is 12.8. The molecule has 22 heavy (non-hydrogen) atoms. The smallest absolute Gasteiger partial charge is 0.220 e. The Morgan fingerprint density at radius 2 is 1.86 bits per heavy atom. The maximum Gasteiger partial charge on any atom is 0.220 e. The van der Waals surface area contributed by atoms with Crippen LogP contribution in [0.5, 0.6) is 0 Å². The molecule has 0 aromatic heterocycles. The van der Waals surface area contributed by atoms with E-state index < -0.39 is 0 Å². The molecule has 2 rings (SSSR count). The minimum Gasteiger partial charge on any atom is -0.353 e. The molecule has 0 spiro atoms. The Kier molecular flexibility index (Phi) is 7.48. The van der Waals surface area contributed by atoms with Crippen molar-refractivity contribution < 1.29 is 14.0 Å². The van der Waals surface area contributed by atoms with E-state index in [4.69, 9.17) is 5.73 Å². The first-order valence-electron chi connectivity index (χ1n) is 7.38. The molecule has 4 nitrogen and oxygen atoms in total. The van der Waals surface area contributed by atoms with E-state index in [1.54, 1.807) is 0 Å². The summed E-state index contributed by atoms with van der Waals surface area (Å²) >= 11 is 0. The van der Waals surface area contributed by atoms with Crippen LogP contribution < -0.4 is 11.1 Å². The summed E-state index contributed by atoms with van der Waals surface area (Å²) in [4.78, 5) is 23.8. The van der Waals surface area contributed by atoms with Gasteiger partial charge in [0.2, 0.25) is 5.91 Å². The molecule has 0 saturated heterocycles. The molecule has 6 heteroatoms. The number of Topliss-reactive ketones (excluding diaryl/α,β-unsaturated/α-hetero) is 1.